The van der Waals surface area contributed by atoms with E-state index >= 15 is 0 Å². The molecule has 176 valence electrons. The molecule has 0 aliphatic heterocycles. The second kappa shape index (κ2) is 9.76. The lowest BCUT2D eigenvalue weighted by atomic mass is 9.89. The van der Waals surface area contributed by atoms with E-state index in [0.29, 0.717) is 34.5 Å². The number of benzene rings is 2. The minimum absolute atomic E-state index is 0.0691. The van der Waals surface area contributed by atoms with Crippen LogP contribution in [0.3, 0.4) is 0 Å². The Bertz CT molecular complexity index is 1370. The maximum atomic E-state index is 12.9. The number of esters is 2. The zero-order valence-corrected chi connectivity index (χ0v) is 18.7. The van der Waals surface area contributed by atoms with Crippen LogP contribution < -0.4 is 5.73 Å². The number of nitrogens with two attached hydrogens (primary N) is 1. The van der Waals surface area contributed by atoms with Gasteiger partial charge < -0.3 is 19.8 Å². The molecule has 4 aromatic rings. The Morgan fingerprint density at radius 2 is 1.60 bits per heavy atom. The summed E-state index contributed by atoms with van der Waals surface area (Å²) >= 11 is 0. The van der Waals surface area contributed by atoms with Crippen molar-refractivity contribution >= 4 is 28.9 Å². The summed E-state index contributed by atoms with van der Waals surface area (Å²) < 4.78 is 13.4. The quantitative estimate of drug-likeness (QED) is 0.336. The van der Waals surface area contributed by atoms with Crippen molar-refractivity contribution in [3.63, 3.8) is 0 Å². The molecular weight excluding hydrogens is 446 g/mol. The Morgan fingerprint density at radius 1 is 0.914 bits per heavy atom. The van der Waals surface area contributed by atoms with Crippen LogP contribution in [0.5, 0.6) is 0 Å². The fourth-order valence-corrected chi connectivity index (χ4v) is 4.15. The van der Waals surface area contributed by atoms with Crippen molar-refractivity contribution in [3.8, 4) is 0 Å². The third-order valence-electron chi connectivity index (χ3n) is 5.97. The monoisotopic (exact) mass is 469 g/mol. The van der Waals surface area contributed by atoms with Gasteiger partial charge in [-0.25, -0.2) is 24.5 Å². The van der Waals surface area contributed by atoms with Gasteiger partial charge in [0.2, 0.25) is 0 Å². The van der Waals surface area contributed by atoms with Crippen LogP contribution in [0, 0.1) is 5.92 Å². The van der Waals surface area contributed by atoms with Gasteiger partial charge in [0.05, 0.1) is 23.5 Å². The zero-order chi connectivity index (χ0) is 24.2. The molecule has 2 N–H and O–H groups in total. The minimum atomic E-state index is -0.551. The molecule has 9 nitrogen and oxygen atoms in total. The van der Waals surface area contributed by atoms with E-state index in [0.717, 1.165) is 0 Å². The second-order valence-electron chi connectivity index (χ2n) is 8.21. The zero-order valence-electron chi connectivity index (χ0n) is 18.7. The molecule has 3 atom stereocenters. The highest BCUT2D eigenvalue weighted by Crippen LogP contribution is 2.32. The number of carbonyl (C=O) groups is 2. The van der Waals surface area contributed by atoms with Gasteiger partial charge in [-0.1, -0.05) is 48.6 Å². The molecule has 9 heteroatoms. The van der Waals surface area contributed by atoms with Crippen molar-refractivity contribution in [2.24, 2.45) is 5.92 Å². The van der Waals surface area contributed by atoms with Gasteiger partial charge in [-0.3, -0.25) is 0 Å². The predicted molar refractivity (Wildman–Crippen MR) is 128 cm³/mol. The normalized spacial score (nSPS) is 19.4. The third kappa shape index (κ3) is 4.74. The lowest BCUT2D eigenvalue weighted by Crippen LogP contribution is -2.35. The number of anilines is 1. The number of imidazole rings is 1. The summed E-state index contributed by atoms with van der Waals surface area (Å²) in [5.41, 5.74) is 8.10. The molecule has 2 heterocycles. The maximum Gasteiger partial charge on any atom is 0.338 e. The molecule has 0 saturated carbocycles. The molecule has 0 bridgehead atoms. The van der Waals surface area contributed by atoms with Crippen LogP contribution in [0.4, 0.5) is 5.82 Å². The molecule has 0 spiro atoms. The molecule has 0 saturated heterocycles. The van der Waals surface area contributed by atoms with Crippen LogP contribution in [0.2, 0.25) is 0 Å². The lowest BCUT2D eigenvalue weighted by molar-refractivity contribution is -0.00245. The van der Waals surface area contributed by atoms with Crippen molar-refractivity contribution in [3.05, 3.63) is 96.6 Å². The van der Waals surface area contributed by atoms with Crippen LogP contribution in [0.15, 0.2) is 85.5 Å². The number of fused-ring (bicyclic) bond motifs is 1. The fraction of sp³-hybridized carbons (Fsp3) is 0.192. The molecule has 0 unspecified atom stereocenters. The van der Waals surface area contributed by atoms with Gasteiger partial charge in [-0.2, -0.15) is 0 Å². The summed E-state index contributed by atoms with van der Waals surface area (Å²) in [5, 5.41) is 0. The predicted octanol–water partition coefficient (Wildman–Crippen LogP) is 3.61. The Morgan fingerprint density at radius 3 is 2.31 bits per heavy atom. The van der Waals surface area contributed by atoms with E-state index in [-0.39, 0.29) is 18.6 Å². The van der Waals surface area contributed by atoms with Crippen LogP contribution >= 0.6 is 0 Å². The third-order valence-corrected chi connectivity index (χ3v) is 5.97. The number of rotatable bonds is 6. The summed E-state index contributed by atoms with van der Waals surface area (Å²) in [6.45, 7) is 0.0691. The van der Waals surface area contributed by atoms with E-state index in [1.807, 2.05) is 28.9 Å². The highest BCUT2D eigenvalue weighted by Gasteiger charge is 2.33. The van der Waals surface area contributed by atoms with E-state index in [2.05, 4.69) is 15.0 Å². The van der Waals surface area contributed by atoms with Gasteiger partial charge in [0.25, 0.3) is 0 Å². The molecule has 0 radical (unpaired) electrons. The molecule has 1 aliphatic rings. The first-order valence-electron chi connectivity index (χ1n) is 11.2. The van der Waals surface area contributed by atoms with Crippen molar-refractivity contribution in [2.45, 2.75) is 18.6 Å². The molecule has 5 rings (SSSR count). The summed E-state index contributed by atoms with van der Waals surface area (Å²) in [7, 11) is 0. The topological polar surface area (TPSA) is 122 Å². The van der Waals surface area contributed by atoms with Crippen molar-refractivity contribution in [2.75, 3.05) is 12.3 Å². The number of allylic oxidation sites excluding steroid dienone is 1. The number of nitrogen functional groups attached to an aromatic ring is 1. The van der Waals surface area contributed by atoms with Crippen LogP contribution in [0.25, 0.3) is 11.2 Å². The number of carbonyl (C=O) groups excluding carboxylic acids is 2. The van der Waals surface area contributed by atoms with Crippen molar-refractivity contribution < 1.29 is 19.1 Å². The van der Waals surface area contributed by atoms with Crippen LogP contribution in [0.1, 0.15) is 33.2 Å². The summed E-state index contributed by atoms with van der Waals surface area (Å²) in [6.07, 6.45) is 6.78. The largest absolute Gasteiger partial charge is 0.461 e. The molecule has 35 heavy (non-hydrogen) atoms. The number of hydrogen-bond donors (Lipinski definition) is 1. The summed E-state index contributed by atoms with van der Waals surface area (Å²) in [4.78, 5) is 37.9. The highest BCUT2D eigenvalue weighted by atomic mass is 16.6. The molecule has 2 aromatic carbocycles. The average molecular weight is 470 g/mol. The number of hydrogen-bond acceptors (Lipinski definition) is 8. The number of nitrogens with zero attached hydrogens (tertiary/aromatic N) is 4. The van der Waals surface area contributed by atoms with Gasteiger partial charge in [0, 0.05) is 12.3 Å². The Hall–Kier alpha value is -4.53. The average Bonchev–Trinajstić information content (AvgIpc) is 3.34. The lowest BCUT2D eigenvalue weighted by Gasteiger charge is -2.32. The maximum absolute atomic E-state index is 12.9. The molecule has 0 fully saturated rings. The van der Waals surface area contributed by atoms with Gasteiger partial charge in [0.1, 0.15) is 24.6 Å². The van der Waals surface area contributed by atoms with E-state index < -0.39 is 18.0 Å². The first-order valence-corrected chi connectivity index (χ1v) is 11.2. The van der Waals surface area contributed by atoms with Crippen LogP contribution in [-0.2, 0) is 9.47 Å². The van der Waals surface area contributed by atoms with Gasteiger partial charge >= 0.3 is 11.9 Å². The van der Waals surface area contributed by atoms with E-state index in [1.165, 1.54) is 6.33 Å². The fourth-order valence-electron chi connectivity index (χ4n) is 4.15. The van der Waals surface area contributed by atoms with Crippen molar-refractivity contribution in [1.29, 1.82) is 0 Å². The molecule has 0 amide bonds. The first kappa shape index (κ1) is 22.3. The molecular formula is C26H23N5O4. The SMILES string of the molecule is Nc1ncnc2ncn([C@H]3C=C[C@@H](COC(=O)c4ccccc4)[C@H](OC(=O)c4ccccc4)C3)c12. The molecule has 2 aromatic heterocycles. The van der Waals surface area contributed by atoms with Gasteiger partial charge in [-0.05, 0) is 24.3 Å². The highest BCUT2D eigenvalue weighted by molar-refractivity contribution is 5.90. The summed E-state index contributed by atoms with van der Waals surface area (Å²) in [6, 6.07) is 17.3. The van der Waals surface area contributed by atoms with Crippen LogP contribution in [-0.4, -0.2) is 44.2 Å². The second-order valence-corrected chi connectivity index (χ2v) is 8.21. The van der Waals surface area contributed by atoms with E-state index in [9.17, 15) is 9.59 Å². The van der Waals surface area contributed by atoms with Gasteiger partial charge in [-0.15, -0.1) is 0 Å². The van der Waals surface area contributed by atoms with Gasteiger partial charge in [0.15, 0.2) is 11.5 Å². The Labute approximate surface area is 201 Å². The standard InChI is InChI=1S/C26H23N5O4/c27-23-22-24(29-15-28-23)30-16-31(22)20-12-11-19(14-34-25(32)17-7-3-1-4-8-17)21(13-20)35-26(33)18-9-5-2-6-10-18/h1-12,15-16,19-21H,13-14H2,(H2,27,28,29)/t19-,20-,21+/m0/s1. The summed E-state index contributed by atoms with van der Waals surface area (Å²) in [5.74, 6) is -0.880. The van der Waals surface area contributed by atoms with E-state index in [1.54, 1.807) is 54.9 Å². The Kier molecular flexibility index (Phi) is 6.21. The molecule has 1 aliphatic carbocycles. The Balaban J connectivity index is 1.39. The number of ether oxygens (including phenoxy) is 2. The minimum Gasteiger partial charge on any atom is -0.461 e. The number of aromatic nitrogens is 4. The van der Waals surface area contributed by atoms with E-state index in [4.69, 9.17) is 15.2 Å². The smallest absolute Gasteiger partial charge is 0.338 e. The first-order chi connectivity index (χ1) is 17.1. The van der Waals surface area contributed by atoms with Crippen molar-refractivity contribution in [1.82, 2.24) is 19.5 Å².